The molecule has 4 nitrogen and oxygen atoms in total. The quantitative estimate of drug-likeness (QED) is 0.808. The SMILES string of the molecule is COc1ccc(Cl)cc1CCNC(=O)CCN. The molecule has 0 aromatic heterocycles. The molecule has 0 saturated carbocycles. The maximum Gasteiger partial charge on any atom is 0.221 e. The van der Waals surface area contributed by atoms with Gasteiger partial charge in [-0.3, -0.25) is 4.79 Å². The van der Waals surface area contributed by atoms with Gasteiger partial charge in [0.1, 0.15) is 5.75 Å². The van der Waals surface area contributed by atoms with Crippen molar-refractivity contribution in [2.24, 2.45) is 5.73 Å². The monoisotopic (exact) mass is 256 g/mol. The highest BCUT2D eigenvalue weighted by molar-refractivity contribution is 6.30. The average molecular weight is 257 g/mol. The second-order valence-corrected chi connectivity index (χ2v) is 4.03. The van der Waals surface area contributed by atoms with Crippen LogP contribution >= 0.6 is 11.6 Å². The molecule has 1 amide bonds. The number of ether oxygens (including phenoxy) is 1. The van der Waals surface area contributed by atoms with Gasteiger partial charge in [0, 0.05) is 24.5 Å². The molecule has 0 atom stereocenters. The Morgan fingerprint density at radius 1 is 1.53 bits per heavy atom. The van der Waals surface area contributed by atoms with Crippen molar-refractivity contribution in [3.8, 4) is 5.75 Å². The summed E-state index contributed by atoms with van der Waals surface area (Å²) < 4.78 is 5.21. The first-order valence-corrected chi connectivity index (χ1v) is 5.84. The lowest BCUT2D eigenvalue weighted by Crippen LogP contribution is -2.27. The van der Waals surface area contributed by atoms with Gasteiger partial charge < -0.3 is 15.8 Å². The van der Waals surface area contributed by atoms with Crippen LogP contribution in [0.3, 0.4) is 0 Å². The van der Waals surface area contributed by atoms with Crippen LogP contribution in [0.1, 0.15) is 12.0 Å². The van der Waals surface area contributed by atoms with Gasteiger partial charge >= 0.3 is 0 Å². The van der Waals surface area contributed by atoms with Gasteiger partial charge in [0.05, 0.1) is 7.11 Å². The molecule has 0 aliphatic carbocycles. The summed E-state index contributed by atoms with van der Waals surface area (Å²) in [6, 6.07) is 5.44. The number of hydrogen-bond donors (Lipinski definition) is 2. The van der Waals surface area contributed by atoms with Gasteiger partial charge in [0.15, 0.2) is 0 Å². The van der Waals surface area contributed by atoms with Crippen LogP contribution in [-0.2, 0) is 11.2 Å². The van der Waals surface area contributed by atoms with Gasteiger partial charge in [-0.25, -0.2) is 0 Å². The summed E-state index contributed by atoms with van der Waals surface area (Å²) >= 11 is 5.91. The lowest BCUT2D eigenvalue weighted by molar-refractivity contribution is -0.120. The summed E-state index contributed by atoms with van der Waals surface area (Å²) in [7, 11) is 1.61. The van der Waals surface area contributed by atoms with Crippen molar-refractivity contribution in [3.05, 3.63) is 28.8 Å². The topological polar surface area (TPSA) is 64.3 Å². The van der Waals surface area contributed by atoms with E-state index >= 15 is 0 Å². The molecular weight excluding hydrogens is 240 g/mol. The molecule has 0 heterocycles. The minimum Gasteiger partial charge on any atom is -0.496 e. The van der Waals surface area contributed by atoms with Crippen LogP contribution in [0.2, 0.25) is 5.02 Å². The summed E-state index contributed by atoms with van der Waals surface area (Å²) in [6.45, 7) is 0.919. The fourth-order valence-electron chi connectivity index (χ4n) is 1.50. The Kier molecular flexibility index (Phi) is 5.80. The lowest BCUT2D eigenvalue weighted by Gasteiger charge is -2.09. The van der Waals surface area contributed by atoms with Crippen molar-refractivity contribution < 1.29 is 9.53 Å². The number of carbonyl (C=O) groups is 1. The zero-order valence-electron chi connectivity index (χ0n) is 9.83. The van der Waals surface area contributed by atoms with Gasteiger partial charge in [-0.05, 0) is 30.2 Å². The van der Waals surface area contributed by atoms with E-state index < -0.39 is 0 Å². The normalized spacial score (nSPS) is 10.1. The minimum absolute atomic E-state index is 0.0338. The van der Waals surface area contributed by atoms with E-state index in [0.29, 0.717) is 31.0 Å². The van der Waals surface area contributed by atoms with Crippen LogP contribution in [0.5, 0.6) is 5.75 Å². The Bertz CT molecular complexity index is 383. The number of amides is 1. The van der Waals surface area contributed by atoms with Crippen molar-refractivity contribution in [1.29, 1.82) is 0 Å². The number of nitrogens with two attached hydrogens (primary N) is 1. The summed E-state index contributed by atoms with van der Waals surface area (Å²) in [5.41, 5.74) is 6.26. The third kappa shape index (κ3) is 4.63. The van der Waals surface area contributed by atoms with Crippen LogP contribution in [0.4, 0.5) is 0 Å². The van der Waals surface area contributed by atoms with Gasteiger partial charge in [-0.2, -0.15) is 0 Å². The fourth-order valence-corrected chi connectivity index (χ4v) is 1.69. The number of benzene rings is 1. The van der Waals surface area contributed by atoms with E-state index in [4.69, 9.17) is 22.1 Å². The average Bonchev–Trinajstić information content (AvgIpc) is 2.30. The van der Waals surface area contributed by atoms with Crippen molar-refractivity contribution in [1.82, 2.24) is 5.32 Å². The van der Waals surface area contributed by atoms with Crippen LogP contribution in [0, 0.1) is 0 Å². The predicted molar refractivity (Wildman–Crippen MR) is 68.4 cm³/mol. The molecule has 94 valence electrons. The van der Waals surface area contributed by atoms with Gasteiger partial charge in [-0.1, -0.05) is 11.6 Å². The molecule has 1 aromatic rings. The van der Waals surface area contributed by atoms with Crippen molar-refractivity contribution in [2.45, 2.75) is 12.8 Å². The number of carbonyl (C=O) groups excluding carboxylic acids is 1. The maximum atomic E-state index is 11.2. The van der Waals surface area contributed by atoms with Crippen LogP contribution in [0.15, 0.2) is 18.2 Å². The number of methoxy groups -OCH3 is 1. The van der Waals surface area contributed by atoms with Gasteiger partial charge in [0.25, 0.3) is 0 Å². The second kappa shape index (κ2) is 7.14. The summed E-state index contributed by atoms with van der Waals surface area (Å²) in [5.74, 6) is 0.746. The van der Waals surface area contributed by atoms with E-state index in [1.807, 2.05) is 12.1 Å². The van der Waals surface area contributed by atoms with E-state index in [-0.39, 0.29) is 5.91 Å². The molecule has 0 aliphatic rings. The molecular formula is C12H17ClN2O2. The zero-order chi connectivity index (χ0) is 12.7. The maximum absolute atomic E-state index is 11.2. The Hall–Kier alpha value is -1.26. The Morgan fingerprint density at radius 2 is 2.29 bits per heavy atom. The summed E-state index contributed by atoms with van der Waals surface area (Å²) in [6.07, 6.45) is 1.03. The number of rotatable bonds is 6. The first kappa shape index (κ1) is 13.8. The van der Waals surface area contributed by atoms with Gasteiger partial charge in [0.2, 0.25) is 5.91 Å². The summed E-state index contributed by atoms with van der Waals surface area (Å²) in [4.78, 5) is 11.2. The molecule has 0 spiro atoms. The molecule has 0 fully saturated rings. The van der Waals surface area contributed by atoms with Crippen molar-refractivity contribution in [2.75, 3.05) is 20.2 Å². The molecule has 1 rings (SSSR count). The Labute approximate surface area is 106 Å². The standard InChI is InChI=1S/C12H17ClN2O2/c1-17-11-3-2-10(13)8-9(11)5-7-15-12(16)4-6-14/h2-3,8H,4-7,14H2,1H3,(H,15,16). The second-order valence-electron chi connectivity index (χ2n) is 3.59. The van der Waals surface area contributed by atoms with Crippen LogP contribution < -0.4 is 15.8 Å². The highest BCUT2D eigenvalue weighted by atomic mass is 35.5. The van der Waals surface area contributed by atoms with Crippen LogP contribution in [0.25, 0.3) is 0 Å². The molecule has 17 heavy (non-hydrogen) atoms. The highest BCUT2D eigenvalue weighted by Gasteiger charge is 2.05. The fraction of sp³-hybridized carbons (Fsp3) is 0.417. The van der Waals surface area contributed by atoms with E-state index in [1.54, 1.807) is 13.2 Å². The van der Waals surface area contributed by atoms with E-state index in [9.17, 15) is 4.79 Å². The molecule has 5 heteroatoms. The molecule has 3 N–H and O–H groups in total. The molecule has 0 unspecified atom stereocenters. The molecule has 1 aromatic carbocycles. The first-order valence-electron chi connectivity index (χ1n) is 5.46. The van der Waals surface area contributed by atoms with Gasteiger partial charge in [-0.15, -0.1) is 0 Å². The van der Waals surface area contributed by atoms with E-state index in [1.165, 1.54) is 0 Å². The third-order valence-corrected chi connectivity index (χ3v) is 2.57. The van der Waals surface area contributed by atoms with Crippen LogP contribution in [-0.4, -0.2) is 26.1 Å². The predicted octanol–water partition coefficient (Wildman–Crippen LogP) is 1.36. The van der Waals surface area contributed by atoms with E-state index in [0.717, 1.165) is 11.3 Å². The smallest absolute Gasteiger partial charge is 0.221 e. The van der Waals surface area contributed by atoms with Crippen molar-refractivity contribution in [3.63, 3.8) is 0 Å². The molecule has 0 bridgehead atoms. The minimum atomic E-state index is -0.0338. The first-order chi connectivity index (χ1) is 8.17. The molecule has 0 radical (unpaired) electrons. The molecule has 0 saturated heterocycles. The number of halogens is 1. The Balaban J connectivity index is 2.50. The summed E-state index contributed by atoms with van der Waals surface area (Å²) in [5, 5.41) is 3.45. The number of nitrogens with one attached hydrogen (secondary N) is 1. The third-order valence-electron chi connectivity index (χ3n) is 2.33. The Morgan fingerprint density at radius 3 is 2.94 bits per heavy atom. The zero-order valence-corrected chi connectivity index (χ0v) is 10.6. The van der Waals surface area contributed by atoms with E-state index in [2.05, 4.69) is 5.32 Å². The van der Waals surface area contributed by atoms with Crippen molar-refractivity contribution >= 4 is 17.5 Å². The largest absolute Gasteiger partial charge is 0.496 e. The molecule has 0 aliphatic heterocycles. The lowest BCUT2D eigenvalue weighted by atomic mass is 10.1. The highest BCUT2D eigenvalue weighted by Crippen LogP contribution is 2.22. The number of hydrogen-bond acceptors (Lipinski definition) is 3.